The molecule has 2 fully saturated rings. The number of carbonyl (C=O) groups is 1. The Hall–Kier alpha value is -0.313. The quantitative estimate of drug-likeness (QED) is 0.442. The first kappa shape index (κ1) is 7.34. The Labute approximate surface area is 67.9 Å². The summed E-state index contributed by atoms with van der Waals surface area (Å²) >= 11 is 0. The summed E-state index contributed by atoms with van der Waals surface area (Å²) in [5.41, 5.74) is 0. The first-order valence-corrected chi connectivity index (χ1v) is 7.66. The van der Waals surface area contributed by atoms with Gasteiger partial charge in [0.15, 0.2) is 0 Å². The molecule has 11 heavy (non-hydrogen) atoms. The molecule has 1 aliphatic heterocycles. The van der Waals surface area contributed by atoms with Crippen LogP contribution in [0.15, 0.2) is 0 Å². The van der Waals surface area contributed by atoms with Crippen molar-refractivity contribution in [2.75, 3.05) is 6.61 Å². The Bertz CT molecular complexity index is 219. The highest BCUT2D eigenvalue weighted by Crippen LogP contribution is 2.69. The molecule has 0 bridgehead atoms. The Morgan fingerprint density at radius 1 is 1.55 bits per heavy atom. The lowest BCUT2D eigenvalue weighted by Crippen LogP contribution is -2.34. The molecule has 62 valence electrons. The Balaban J connectivity index is 2.32. The molecule has 0 aromatic carbocycles. The van der Waals surface area contributed by atoms with Gasteiger partial charge in [-0.05, 0) is 6.42 Å². The molecule has 1 saturated heterocycles. The number of ether oxygens (including phenoxy) is 1. The molecule has 0 aromatic rings. The molecular formula is C8H14O2Si. The molecule has 0 aromatic heterocycles. The van der Waals surface area contributed by atoms with Crippen LogP contribution >= 0.6 is 0 Å². The summed E-state index contributed by atoms with van der Waals surface area (Å²) in [4.78, 5) is 11.4. The van der Waals surface area contributed by atoms with E-state index in [1.54, 1.807) is 0 Å². The van der Waals surface area contributed by atoms with E-state index in [0.29, 0.717) is 12.5 Å². The highest BCUT2D eigenvalue weighted by Gasteiger charge is 2.71. The summed E-state index contributed by atoms with van der Waals surface area (Å²) in [7, 11) is -1.31. The van der Waals surface area contributed by atoms with Crippen molar-refractivity contribution in [1.29, 1.82) is 0 Å². The van der Waals surface area contributed by atoms with E-state index in [9.17, 15) is 4.79 Å². The number of hydrogen-bond donors (Lipinski definition) is 0. The molecule has 2 atom stereocenters. The van der Waals surface area contributed by atoms with E-state index >= 15 is 0 Å². The van der Waals surface area contributed by atoms with Crippen LogP contribution in [-0.4, -0.2) is 20.7 Å². The molecule has 1 saturated carbocycles. The van der Waals surface area contributed by atoms with Crippen LogP contribution in [0, 0.1) is 5.92 Å². The van der Waals surface area contributed by atoms with Crippen LogP contribution in [-0.2, 0) is 9.53 Å². The van der Waals surface area contributed by atoms with Crippen molar-refractivity contribution in [3.8, 4) is 0 Å². The fourth-order valence-corrected chi connectivity index (χ4v) is 5.16. The van der Waals surface area contributed by atoms with Crippen molar-refractivity contribution in [1.82, 2.24) is 0 Å². The van der Waals surface area contributed by atoms with Gasteiger partial charge in [-0.3, -0.25) is 4.79 Å². The molecule has 2 nitrogen and oxygen atoms in total. The topological polar surface area (TPSA) is 26.3 Å². The van der Waals surface area contributed by atoms with Gasteiger partial charge < -0.3 is 4.74 Å². The maximum absolute atomic E-state index is 11.4. The fourth-order valence-electron chi connectivity index (χ4n) is 2.31. The van der Waals surface area contributed by atoms with Gasteiger partial charge in [-0.25, -0.2) is 0 Å². The van der Waals surface area contributed by atoms with Crippen molar-refractivity contribution in [2.45, 2.75) is 31.1 Å². The van der Waals surface area contributed by atoms with E-state index in [-0.39, 0.29) is 11.0 Å². The van der Waals surface area contributed by atoms with Crippen molar-refractivity contribution in [3.05, 3.63) is 0 Å². The summed E-state index contributed by atoms with van der Waals surface area (Å²) < 4.78 is 5.04. The average molecular weight is 170 g/mol. The average Bonchev–Trinajstić information content (AvgIpc) is 2.50. The molecule has 2 aliphatic rings. The van der Waals surface area contributed by atoms with Gasteiger partial charge >= 0.3 is 5.97 Å². The number of hydrogen-bond acceptors (Lipinski definition) is 2. The molecule has 2 unspecified atom stereocenters. The number of carbonyl (C=O) groups excluding carboxylic acids is 1. The number of rotatable bonds is 1. The van der Waals surface area contributed by atoms with E-state index < -0.39 is 8.07 Å². The Morgan fingerprint density at radius 3 is 2.36 bits per heavy atom. The van der Waals surface area contributed by atoms with Crippen molar-refractivity contribution >= 4 is 14.0 Å². The summed E-state index contributed by atoms with van der Waals surface area (Å²) in [5, 5.41) is 0.0347. The van der Waals surface area contributed by atoms with E-state index in [1.807, 2.05) is 0 Å². The fraction of sp³-hybridized carbons (Fsp3) is 0.875. The third kappa shape index (κ3) is 0.696. The van der Waals surface area contributed by atoms with Gasteiger partial charge in [0, 0.05) is 5.92 Å². The van der Waals surface area contributed by atoms with Gasteiger partial charge in [-0.15, -0.1) is 0 Å². The first-order chi connectivity index (χ1) is 4.98. The highest BCUT2D eigenvalue weighted by molar-refractivity contribution is 6.83. The first-order valence-electron chi connectivity index (χ1n) is 4.16. The van der Waals surface area contributed by atoms with Crippen LogP contribution in [0.1, 0.15) is 6.42 Å². The minimum atomic E-state index is -1.31. The standard InChI is InChI=1S/C8H14O2Si/c1-11(2,3)8-4-6(8)5-10-7(8)9/h6H,4-5H2,1-3H3. The lowest BCUT2D eigenvalue weighted by atomic mass is 10.4. The van der Waals surface area contributed by atoms with E-state index in [2.05, 4.69) is 19.6 Å². The van der Waals surface area contributed by atoms with E-state index in [1.165, 1.54) is 0 Å². The van der Waals surface area contributed by atoms with Crippen LogP contribution < -0.4 is 0 Å². The molecule has 3 heteroatoms. The van der Waals surface area contributed by atoms with Crippen molar-refractivity contribution in [3.63, 3.8) is 0 Å². The smallest absolute Gasteiger partial charge is 0.309 e. The summed E-state index contributed by atoms with van der Waals surface area (Å²) in [6.45, 7) is 7.49. The van der Waals surface area contributed by atoms with E-state index in [4.69, 9.17) is 4.74 Å². The Morgan fingerprint density at radius 2 is 2.18 bits per heavy atom. The Kier molecular flexibility index (Phi) is 1.14. The molecule has 1 heterocycles. The zero-order chi connectivity index (χ0) is 8.28. The number of cyclic esters (lactones) is 1. The van der Waals surface area contributed by atoms with Gasteiger partial charge in [0.25, 0.3) is 0 Å². The summed E-state index contributed by atoms with van der Waals surface area (Å²) in [6.07, 6.45) is 1.11. The lowest BCUT2D eigenvalue weighted by Gasteiger charge is -2.23. The molecular weight excluding hydrogens is 156 g/mol. The van der Waals surface area contributed by atoms with Crippen LogP contribution in [0.3, 0.4) is 0 Å². The molecule has 1 aliphatic carbocycles. The second-order valence-corrected chi connectivity index (χ2v) is 10.1. The molecule has 0 amide bonds. The van der Waals surface area contributed by atoms with Crippen molar-refractivity contribution < 1.29 is 9.53 Å². The van der Waals surface area contributed by atoms with E-state index in [0.717, 1.165) is 6.42 Å². The summed E-state index contributed by atoms with van der Waals surface area (Å²) in [6, 6.07) is 0. The minimum absolute atomic E-state index is 0.0347. The van der Waals surface area contributed by atoms with Crippen LogP contribution in [0.25, 0.3) is 0 Å². The van der Waals surface area contributed by atoms with Crippen LogP contribution in [0.5, 0.6) is 0 Å². The van der Waals surface area contributed by atoms with Gasteiger partial charge in [-0.2, -0.15) is 0 Å². The van der Waals surface area contributed by atoms with Crippen LogP contribution in [0.4, 0.5) is 0 Å². The third-order valence-corrected chi connectivity index (χ3v) is 6.72. The van der Waals surface area contributed by atoms with Gasteiger partial charge in [0.05, 0.1) is 19.7 Å². The normalized spacial score (nSPS) is 41.7. The maximum atomic E-state index is 11.4. The maximum Gasteiger partial charge on any atom is 0.309 e. The predicted octanol–water partition coefficient (Wildman–Crippen LogP) is 1.64. The minimum Gasteiger partial charge on any atom is -0.465 e. The second-order valence-electron chi connectivity index (χ2n) is 4.72. The van der Waals surface area contributed by atoms with Crippen molar-refractivity contribution in [2.24, 2.45) is 5.92 Å². The van der Waals surface area contributed by atoms with Gasteiger partial charge in [-0.1, -0.05) is 19.6 Å². The number of fused-ring (bicyclic) bond motifs is 1. The highest BCUT2D eigenvalue weighted by atomic mass is 28.3. The summed E-state index contributed by atoms with van der Waals surface area (Å²) in [5.74, 6) is 0.684. The SMILES string of the molecule is C[Si](C)(C)C12CC1COC2=O. The number of esters is 1. The zero-order valence-corrected chi connectivity index (χ0v) is 8.31. The third-order valence-electron chi connectivity index (χ3n) is 3.22. The lowest BCUT2D eigenvalue weighted by molar-refractivity contribution is -0.140. The van der Waals surface area contributed by atoms with Gasteiger partial charge in [0.2, 0.25) is 0 Å². The second kappa shape index (κ2) is 1.71. The van der Waals surface area contributed by atoms with Gasteiger partial charge in [0.1, 0.15) is 0 Å². The molecule has 0 N–H and O–H groups in total. The predicted molar refractivity (Wildman–Crippen MR) is 45.1 cm³/mol. The monoisotopic (exact) mass is 170 g/mol. The molecule has 0 radical (unpaired) electrons. The molecule has 0 spiro atoms. The zero-order valence-electron chi connectivity index (χ0n) is 7.31. The largest absolute Gasteiger partial charge is 0.465 e. The van der Waals surface area contributed by atoms with Crippen LogP contribution in [0.2, 0.25) is 24.7 Å². The molecule has 2 rings (SSSR count).